The average Bonchev–Trinajstić information content (AvgIpc) is 3.15. The maximum Gasteiger partial charge on any atom is 0.185 e. The van der Waals surface area contributed by atoms with Gasteiger partial charge in [-0.2, -0.15) is 0 Å². The Morgan fingerprint density at radius 3 is 1.75 bits per heavy atom. The molecule has 0 spiro atoms. The van der Waals surface area contributed by atoms with E-state index in [1.807, 2.05) is 48.6 Å². The fourth-order valence-corrected chi connectivity index (χ4v) is 3.69. The highest BCUT2D eigenvalue weighted by molar-refractivity contribution is 9.09. The molecule has 0 bridgehead atoms. The van der Waals surface area contributed by atoms with Crippen molar-refractivity contribution in [1.29, 1.82) is 0 Å². The van der Waals surface area contributed by atoms with E-state index in [0.717, 1.165) is 34.0 Å². The number of alkyl halides is 1. The molecule has 170 valence electrons. The van der Waals surface area contributed by atoms with E-state index < -0.39 is 0 Å². The van der Waals surface area contributed by atoms with Crippen molar-refractivity contribution >= 4 is 33.9 Å². The van der Waals surface area contributed by atoms with Crippen molar-refractivity contribution in [1.82, 2.24) is 0 Å². The van der Waals surface area contributed by atoms with Gasteiger partial charge in [0.2, 0.25) is 0 Å². The maximum atomic E-state index is 13.0. The van der Waals surface area contributed by atoms with Crippen LogP contribution in [0.15, 0.2) is 47.5 Å². The molecule has 0 radical (unpaired) electrons. The van der Waals surface area contributed by atoms with Crippen LogP contribution in [-0.2, 0) is 4.79 Å². The fraction of sp³-hybridized carbons (Fsp3) is 0.346. The first-order valence-corrected chi connectivity index (χ1v) is 11.8. The van der Waals surface area contributed by atoms with Gasteiger partial charge in [-0.25, -0.2) is 0 Å². The molecule has 3 rings (SSSR count). The molecule has 0 atom stereocenters. The summed E-state index contributed by atoms with van der Waals surface area (Å²) in [6.45, 7) is 3.25. The number of benzene rings is 2. The highest BCUT2D eigenvalue weighted by atomic mass is 79.9. The molecule has 0 heterocycles. The van der Waals surface area contributed by atoms with Crippen LogP contribution in [0.3, 0.4) is 0 Å². The number of hydrogen-bond donors (Lipinski definition) is 0. The van der Waals surface area contributed by atoms with Gasteiger partial charge < -0.3 is 18.9 Å². The van der Waals surface area contributed by atoms with Crippen LogP contribution in [0.2, 0.25) is 0 Å². The minimum absolute atomic E-state index is 0.0776. The van der Waals surface area contributed by atoms with E-state index in [9.17, 15) is 4.79 Å². The normalized spacial score (nSPS) is 15.9. The van der Waals surface area contributed by atoms with E-state index in [1.165, 1.54) is 0 Å². The van der Waals surface area contributed by atoms with Crippen LogP contribution in [0.4, 0.5) is 0 Å². The molecule has 1 aliphatic rings. The summed E-state index contributed by atoms with van der Waals surface area (Å²) in [5.74, 6) is 2.80. The lowest BCUT2D eigenvalue weighted by atomic mass is 10.1. The van der Waals surface area contributed by atoms with Gasteiger partial charge in [0.15, 0.2) is 28.8 Å². The number of methoxy groups -OCH3 is 2. The minimum atomic E-state index is 0.0776. The zero-order valence-electron chi connectivity index (χ0n) is 18.8. The first-order valence-electron chi connectivity index (χ1n) is 10.7. The standard InChI is InChI=1S/C26H29BrO5/c1-4-12-31-22-9-5-18(16-24(22)29-2)14-20-7-8-21(26(20)28)15-19-6-10-23(32-13-11-27)25(17-19)30-3/h5-6,9-10,14-17H,4,7-8,11-13H2,1-3H3/b20-14+,21-15+. The molecular weight excluding hydrogens is 472 g/mol. The largest absolute Gasteiger partial charge is 0.493 e. The van der Waals surface area contributed by atoms with E-state index in [0.29, 0.717) is 49.1 Å². The Bertz CT molecular complexity index is 930. The quantitative estimate of drug-likeness (QED) is 0.291. The van der Waals surface area contributed by atoms with Gasteiger partial charge in [0.05, 0.1) is 27.4 Å². The van der Waals surface area contributed by atoms with Gasteiger partial charge in [0.1, 0.15) is 0 Å². The van der Waals surface area contributed by atoms with Crippen molar-refractivity contribution in [3.63, 3.8) is 0 Å². The van der Waals surface area contributed by atoms with Crippen LogP contribution in [0.5, 0.6) is 23.0 Å². The number of ketones is 1. The first kappa shape index (κ1) is 23.9. The van der Waals surface area contributed by atoms with Gasteiger partial charge in [-0.05, 0) is 66.8 Å². The van der Waals surface area contributed by atoms with Crippen molar-refractivity contribution < 1.29 is 23.7 Å². The summed E-state index contributed by atoms with van der Waals surface area (Å²) in [6.07, 6.45) is 6.22. The van der Waals surface area contributed by atoms with Gasteiger partial charge in [-0.1, -0.05) is 35.0 Å². The number of allylic oxidation sites excluding steroid dienone is 2. The third-order valence-electron chi connectivity index (χ3n) is 5.10. The van der Waals surface area contributed by atoms with E-state index in [2.05, 4.69) is 22.9 Å². The Morgan fingerprint density at radius 1 is 0.812 bits per heavy atom. The van der Waals surface area contributed by atoms with Crippen LogP contribution < -0.4 is 18.9 Å². The molecule has 1 saturated carbocycles. The number of ether oxygens (including phenoxy) is 4. The Labute approximate surface area is 198 Å². The van der Waals surface area contributed by atoms with E-state index in [-0.39, 0.29) is 5.78 Å². The molecule has 1 fully saturated rings. The van der Waals surface area contributed by atoms with Crippen molar-refractivity contribution in [2.45, 2.75) is 26.2 Å². The Hall–Kier alpha value is -2.73. The van der Waals surface area contributed by atoms with E-state index in [4.69, 9.17) is 18.9 Å². The van der Waals surface area contributed by atoms with Crippen LogP contribution in [0, 0.1) is 0 Å². The van der Waals surface area contributed by atoms with Gasteiger partial charge in [0, 0.05) is 16.5 Å². The molecule has 0 amide bonds. The molecule has 0 saturated heterocycles. The summed E-state index contributed by atoms with van der Waals surface area (Å²) in [6, 6.07) is 11.5. The van der Waals surface area contributed by atoms with Gasteiger partial charge in [-0.3, -0.25) is 4.79 Å². The zero-order chi connectivity index (χ0) is 22.9. The second-order valence-corrected chi connectivity index (χ2v) is 8.17. The van der Waals surface area contributed by atoms with Crippen LogP contribution in [0.25, 0.3) is 12.2 Å². The second kappa shape index (κ2) is 11.8. The molecule has 5 nitrogen and oxygen atoms in total. The smallest absolute Gasteiger partial charge is 0.185 e. The SMILES string of the molecule is CCCOc1ccc(/C=C2\CC/C(=C\c3ccc(OCCBr)c(OC)c3)C2=O)cc1OC. The lowest BCUT2D eigenvalue weighted by Crippen LogP contribution is -2.00. The maximum absolute atomic E-state index is 13.0. The Balaban J connectivity index is 1.78. The summed E-state index contributed by atoms with van der Waals surface area (Å²) in [5.41, 5.74) is 3.43. The van der Waals surface area contributed by atoms with Gasteiger partial charge >= 0.3 is 0 Å². The van der Waals surface area contributed by atoms with Crippen LogP contribution in [0.1, 0.15) is 37.3 Å². The van der Waals surface area contributed by atoms with Crippen LogP contribution in [-0.4, -0.2) is 38.5 Å². The van der Waals surface area contributed by atoms with Crippen molar-refractivity contribution in [2.24, 2.45) is 0 Å². The lowest BCUT2D eigenvalue weighted by molar-refractivity contribution is -0.111. The topological polar surface area (TPSA) is 54.0 Å². The zero-order valence-corrected chi connectivity index (χ0v) is 20.4. The third kappa shape index (κ3) is 5.94. The van der Waals surface area contributed by atoms with E-state index >= 15 is 0 Å². The summed E-state index contributed by atoms with van der Waals surface area (Å²) < 4.78 is 22.3. The number of carbonyl (C=O) groups is 1. The fourth-order valence-electron chi connectivity index (χ4n) is 3.53. The molecule has 6 heteroatoms. The Kier molecular flexibility index (Phi) is 8.80. The molecule has 2 aromatic carbocycles. The number of halogens is 1. The molecule has 0 aromatic heterocycles. The molecular formula is C26H29BrO5. The summed E-state index contributed by atoms with van der Waals surface area (Å²) in [7, 11) is 3.23. The predicted molar refractivity (Wildman–Crippen MR) is 131 cm³/mol. The summed E-state index contributed by atoms with van der Waals surface area (Å²) in [5, 5.41) is 0.742. The van der Waals surface area contributed by atoms with Gasteiger partial charge in [0.25, 0.3) is 0 Å². The number of rotatable bonds is 10. The molecule has 0 N–H and O–H groups in total. The average molecular weight is 501 g/mol. The molecule has 0 aliphatic heterocycles. The lowest BCUT2D eigenvalue weighted by Gasteiger charge is -2.10. The highest BCUT2D eigenvalue weighted by Crippen LogP contribution is 2.34. The molecule has 32 heavy (non-hydrogen) atoms. The monoisotopic (exact) mass is 500 g/mol. The number of carbonyl (C=O) groups excluding carboxylic acids is 1. The molecule has 0 unspecified atom stereocenters. The Morgan fingerprint density at radius 2 is 1.31 bits per heavy atom. The third-order valence-corrected chi connectivity index (χ3v) is 5.42. The first-order chi connectivity index (χ1) is 15.6. The minimum Gasteiger partial charge on any atom is -0.493 e. The highest BCUT2D eigenvalue weighted by Gasteiger charge is 2.23. The summed E-state index contributed by atoms with van der Waals surface area (Å²) in [4.78, 5) is 13.0. The molecule has 2 aromatic rings. The molecule has 1 aliphatic carbocycles. The van der Waals surface area contributed by atoms with Crippen LogP contribution >= 0.6 is 15.9 Å². The second-order valence-electron chi connectivity index (χ2n) is 7.37. The van der Waals surface area contributed by atoms with Crippen molar-refractivity contribution in [3.8, 4) is 23.0 Å². The number of Topliss-reactive ketones (excluding diaryl/α,β-unsaturated/α-hetero) is 1. The van der Waals surface area contributed by atoms with Crippen molar-refractivity contribution in [3.05, 3.63) is 58.7 Å². The van der Waals surface area contributed by atoms with E-state index in [1.54, 1.807) is 14.2 Å². The van der Waals surface area contributed by atoms with Gasteiger partial charge in [-0.15, -0.1) is 0 Å². The summed E-state index contributed by atoms with van der Waals surface area (Å²) >= 11 is 3.35. The number of hydrogen-bond acceptors (Lipinski definition) is 5. The van der Waals surface area contributed by atoms with Crippen molar-refractivity contribution in [2.75, 3.05) is 32.8 Å². The predicted octanol–water partition coefficient (Wildman–Crippen LogP) is 6.10.